The van der Waals surface area contributed by atoms with Gasteiger partial charge in [-0.25, -0.2) is 0 Å². The number of carbonyl (C=O) groups is 1. The number of carboxylic acids is 1. The Kier molecular flexibility index (Phi) is 3.59. The van der Waals surface area contributed by atoms with Crippen molar-refractivity contribution in [3.05, 3.63) is 23.8 Å². The number of carboxylic acid groups (broad SMARTS) is 1. The van der Waals surface area contributed by atoms with Crippen LogP contribution in [-0.2, 0) is 4.79 Å². The zero-order valence-corrected chi connectivity index (χ0v) is 11.0. The van der Waals surface area contributed by atoms with Crippen LogP contribution < -0.4 is 14.9 Å². The van der Waals surface area contributed by atoms with Crippen LogP contribution in [0, 0.1) is 5.92 Å². The quantitative estimate of drug-likeness (QED) is 0.859. The van der Waals surface area contributed by atoms with Crippen LogP contribution in [0.15, 0.2) is 23.3 Å². The van der Waals surface area contributed by atoms with Crippen LogP contribution in [0.25, 0.3) is 0 Å². The van der Waals surface area contributed by atoms with Gasteiger partial charge in [-0.15, -0.1) is 0 Å². The summed E-state index contributed by atoms with van der Waals surface area (Å²) in [6.45, 7) is 1.70. The van der Waals surface area contributed by atoms with Gasteiger partial charge >= 0.3 is 5.97 Å². The number of hydrazone groups is 1. The molecule has 6 nitrogen and oxygen atoms in total. The lowest BCUT2D eigenvalue weighted by molar-refractivity contribution is -0.139. The molecule has 0 saturated carbocycles. The number of nitrogens with one attached hydrogen (secondary N) is 1. The molecule has 0 radical (unpaired) electrons. The molecule has 0 fully saturated rings. The van der Waals surface area contributed by atoms with Crippen LogP contribution in [0.2, 0.25) is 0 Å². The second-order valence-electron chi connectivity index (χ2n) is 4.29. The second-order valence-corrected chi connectivity index (χ2v) is 4.29. The molecule has 19 heavy (non-hydrogen) atoms. The Balaban J connectivity index is 2.35. The van der Waals surface area contributed by atoms with Crippen molar-refractivity contribution in [2.45, 2.75) is 13.0 Å². The predicted molar refractivity (Wildman–Crippen MR) is 69.7 cm³/mol. The molecule has 0 spiro atoms. The van der Waals surface area contributed by atoms with Gasteiger partial charge in [0.1, 0.15) is 5.92 Å². The fourth-order valence-corrected chi connectivity index (χ4v) is 2.19. The van der Waals surface area contributed by atoms with Crippen LogP contribution in [0.4, 0.5) is 0 Å². The minimum Gasteiger partial charge on any atom is -0.493 e. The third-order valence-corrected chi connectivity index (χ3v) is 3.20. The van der Waals surface area contributed by atoms with Crippen molar-refractivity contribution in [3.8, 4) is 11.5 Å². The molecule has 0 amide bonds. The van der Waals surface area contributed by atoms with E-state index < -0.39 is 17.9 Å². The average Bonchev–Trinajstić information content (AvgIpc) is 2.79. The third kappa shape index (κ3) is 2.33. The average molecular weight is 264 g/mol. The molecule has 102 valence electrons. The third-order valence-electron chi connectivity index (χ3n) is 3.20. The molecule has 6 heteroatoms. The number of benzene rings is 1. The van der Waals surface area contributed by atoms with Crippen molar-refractivity contribution in [2.75, 3.05) is 14.2 Å². The van der Waals surface area contributed by atoms with E-state index in [2.05, 4.69) is 10.5 Å². The molecule has 1 aliphatic rings. The lowest BCUT2D eigenvalue weighted by Gasteiger charge is -2.18. The van der Waals surface area contributed by atoms with E-state index in [0.717, 1.165) is 5.56 Å². The molecule has 0 aliphatic carbocycles. The molecule has 2 unspecified atom stereocenters. The van der Waals surface area contributed by atoms with Crippen molar-refractivity contribution >= 4 is 11.7 Å². The Morgan fingerprint density at radius 1 is 1.32 bits per heavy atom. The Morgan fingerprint density at radius 3 is 2.58 bits per heavy atom. The van der Waals surface area contributed by atoms with Crippen LogP contribution in [0.3, 0.4) is 0 Å². The van der Waals surface area contributed by atoms with E-state index in [0.29, 0.717) is 17.2 Å². The topological polar surface area (TPSA) is 80.2 Å². The zero-order valence-electron chi connectivity index (χ0n) is 11.0. The molecule has 1 heterocycles. The molecule has 1 aromatic rings. The molecule has 0 saturated heterocycles. The Bertz CT molecular complexity index is 527. The summed E-state index contributed by atoms with van der Waals surface area (Å²) in [4.78, 5) is 11.3. The summed E-state index contributed by atoms with van der Waals surface area (Å²) in [5, 5.41) is 13.3. The van der Waals surface area contributed by atoms with Gasteiger partial charge in [0, 0.05) is 0 Å². The van der Waals surface area contributed by atoms with Crippen LogP contribution in [0.5, 0.6) is 11.5 Å². The number of hydrogen-bond acceptors (Lipinski definition) is 5. The van der Waals surface area contributed by atoms with Crippen LogP contribution >= 0.6 is 0 Å². The fourth-order valence-electron chi connectivity index (χ4n) is 2.19. The molecule has 0 bridgehead atoms. The molecule has 0 aromatic heterocycles. The highest BCUT2D eigenvalue weighted by atomic mass is 16.5. The molecule has 2 N–H and O–H groups in total. The molecule has 1 aromatic carbocycles. The van der Waals surface area contributed by atoms with E-state index in [9.17, 15) is 9.90 Å². The summed E-state index contributed by atoms with van der Waals surface area (Å²) in [7, 11) is 3.10. The maximum atomic E-state index is 11.3. The maximum Gasteiger partial charge on any atom is 0.314 e. The predicted octanol–water partition coefficient (Wildman–Crippen LogP) is 1.42. The van der Waals surface area contributed by atoms with Gasteiger partial charge in [0.2, 0.25) is 0 Å². The van der Waals surface area contributed by atoms with Crippen molar-refractivity contribution in [3.63, 3.8) is 0 Å². The number of ether oxygens (including phenoxy) is 2. The van der Waals surface area contributed by atoms with Gasteiger partial charge < -0.3 is 20.0 Å². The first-order valence-electron chi connectivity index (χ1n) is 5.83. The van der Waals surface area contributed by atoms with E-state index in [-0.39, 0.29) is 0 Å². The molecule has 2 rings (SSSR count). The lowest BCUT2D eigenvalue weighted by atomic mass is 9.91. The van der Waals surface area contributed by atoms with Crippen molar-refractivity contribution in [1.29, 1.82) is 0 Å². The number of methoxy groups -OCH3 is 2. The minimum absolute atomic E-state index is 0.391. The summed E-state index contributed by atoms with van der Waals surface area (Å²) in [5.74, 6) is -0.395. The largest absolute Gasteiger partial charge is 0.493 e. The van der Waals surface area contributed by atoms with Gasteiger partial charge in [-0.05, 0) is 24.6 Å². The van der Waals surface area contributed by atoms with E-state index in [4.69, 9.17) is 9.47 Å². The monoisotopic (exact) mass is 264 g/mol. The Hall–Kier alpha value is -2.24. The lowest BCUT2D eigenvalue weighted by Crippen LogP contribution is -2.27. The van der Waals surface area contributed by atoms with Gasteiger partial charge in [-0.1, -0.05) is 6.07 Å². The first-order chi connectivity index (χ1) is 9.08. The highest BCUT2D eigenvalue weighted by molar-refractivity contribution is 6.02. The Labute approximate surface area is 111 Å². The van der Waals surface area contributed by atoms with E-state index in [1.165, 1.54) is 0 Å². The SMILES string of the molecule is COc1ccc(C2NN=C(C)C2C(=O)O)cc1OC. The smallest absolute Gasteiger partial charge is 0.314 e. The summed E-state index contributed by atoms with van der Waals surface area (Å²) in [6, 6.07) is 4.93. The number of nitrogens with zero attached hydrogens (tertiary/aromatic N) is 1. The number of aliphatic carboxylic acids is 1. The van der Waals surface area contributed by atoms with Gasteiger partial charge in [-0.3, -0.25) is 4.79 Å². The summed E-state index contributed by atoms with van der Waals surface area (Å²) >= 11 is 0. The minimum atomic E-state index is -0.897. The van der Waals surface area contributed by atoms with Crippen molar-refractivity contribution < 1.29 is 19.4 Å². The maximum absolute atomic E-state index is 11.3. The molecular weight excluding hydrogens is 248 g/mol. The summed E-state index contributed by atoms with van der Waals surface area (Å²) in [5.41, 5.74) is 4.21. The van der Waals surface area contributed by atoms with Crippen LogP contribution in [0.1, 0.15) is 18.5 Å². The highest BCUT2D eigenvalue weighted by Gasteiger charge is 2.36. The summed E-state index contributed by atoms with van der Waals surface area (Å²) in [6.07, 6.45) is 0. The van der Waals surface area contributed by atoms with Crippen molar-refractivity contribution in [1.82, 2.24) is 5.43 Å². The number of hydrogen-bond donors (Lipinski definition) is 2. The van der Waals surface area contributed by atoms with Crippen molar-refractivity contribution in [2.24, 2.45) is 11.0 Å². The van der Waals surface area contributed by atoms with Gasteiger partial charge in [0.25, 0.3) is 0 Å². The first kappa shape index (κ1) is 13.2. The van der Waals surface area contributed by atoms with Gasteiger partial charge in [0.05, 0.1) is 26.0 Å². The van der Waals surface area contributed by atoms with E-state index in [1.54, 1.807) is 33.3 Å². The first-order valence-corrected chi connectivity index (χ1v) is 5.83. The fraction of sp³-hybridized carbons (Fsp3) is 0.385. The Morgan fingerprint density at radius 2 is 2.00 bits per heavy atom. The van der Waals surface area contributed by atoms with E-state index in [1.807, 2.05) is 6.07 Å². The normalized spacial score (nSPS) is 21.5. The van der Waals surface area contributed by atoms with E-state index >= 15 is 0 Å². The molecular formula is C13H16N2O4. The number of rotatable bonds is 4. The van der Waals surface area contributed by atoms with Gasteiger partial charge in [-0.2, -0.15) is 5.10 Å². The standard InChI is InChI=1S/C13H16N2O4/c1-7-11(13(16)17)12(15-14-7)8-4-5-9(18-2)10(6-8)19-3/h4-6,11-12,15H,1-3H3,(H,16,17). The van der Waals surface area contributed by atoms with Gasteiger partial charge in [0.15, 0.2) is 11.5 Å². The molecule has 2 atom stereocenters. The van der Waals surface area contributed by atoms with Crippen LogP contribution in [-0.4, -0.2) is 31.0 Å². The molecule has 1 aliphatic heterocycles. The zero-order chi connectivity index (χ0) is 14.0. The summed E-state index contributed by atoms with van der Waals surface area (Å²) < 4.78 is 10.4. The highest BCUT2D eigenvalue weighted by Crippen LogP contribution is 2.34. The second kappa shape index (κ2) is 5.17.